The quantitative estimate of drug-likeness (QED) is 0.432. The van der Waals surface area contributed by atoms with Crippen molar-refractivity contribution in [3.05, 3.63) is 58.6 Å². The lowest BCUT2D eigenvalue weighted by atomic mass is 9.93. The number of benzene rings is 2. The second-order valence-electron chi connectivity index (χ2n) is 8.09. The van der Waals surface area contributed by atoms with Gasteiger partial charge in [-0.25, -0.2) is 17.9 Å². The fraction of sp³-hybridized carbons (Fsp3) is 0.391. The number of hydrogen-bond donors (Lipinski definition) is 4. The van der Waals surface area contributed by atoms with Crippen molar-refractivity contribution in [1.82, 2.24) is 15.4 Å². The van der Waals surface area contributed by atoms with Gasteiger partial charge in [-0.15, -0.1) is 0 Å². The molecule has 0 aromatic heterocycles. The van der Waals surface area contributed by atoms with Crippen LogP contribution in [0.3, 0.4) is 0 Å². The van der Waals surface area contributed by atoms with Crippen LogP contribution in [-0.4, -0.2) is 51.3 Å². The lowest BCUT2D eigenvalue weighted by molar-refractivity contribution is 0.0951. The molecule has 3 amide bonds. The molecule has 1 fully saturated rings. The molecule has 0 radical (unpaired) electrons. The monoisotopic (exact) mass is 509 g/mol. The summed E-state index contributed by atoms with van der Waals surface area (Å²) in [7, 11) is -2.58. The number of carbonyl (C=O) groups is 2. The van der Waals surface area contributed by atoms with Gasteiger partial charge in [-0.1, -0.05) is 23.7 Å². The first-order chi connectivity index (χ1) is 16.2. The first kappa shape index (κ1) is 25.8. The van der Waals surface area contributed by atoms with Crippen molar-refractivity contribution < 1.29 is 27.9 Å². The van der Waals surface area contributed by atoms with Crippen molar-refractivity contribution in [3.63, 3.8) is 0 Å². The Morgan fingerprint density at radius 2 is 1.88 bits per heavy atom. The number of methoxy groups -OCH3 is 1. The molecular formula is C23H28ClN3O6S. The minimum atomic E-state index is -4.04. The molecule has 0 unspecified atom stereocenters. The predicted molar refractivity (Wildman–Crippen MR) is 128 cm³/mol. The highest BCUT2D eigenvalue weighted by atomic mass is 35.5. The Labute approximate surface area is 203 Å². The lowest BCUT2D eigenvalue weighted by Gasteiger charge is -2.26. The number of amides is 3. The van der Waals surface area contributed by atoms with E-state index in [0.717, 1.165) is 12.0 Å². The zero-order chi connectivity index (χ0) is 24.7. The number of urea groups is 1. The summed E-state index contributed by atoms with van der Waals surface area (Å²) in [5.74, 6) is 0.0758. The number of aliphatic hydroxyl groups is 1. The topological polar surface area (TPSA) is 134 Å². The van der Waals surface area contributed by atoms with E-state index in [9.17, 15) is 23.1 Å². The number of carbonyl (C=O) groups excluding carboxylic acids is 2. The molecule has 2 aromatic carbocycles. The van der Waals surface area contributed by atoms with Crippen molar-refractivity contribution in [3.8, 4) is 5.75 Å². The van der Waals surface area contributed by atoms with Gasteiger partial charge in [0.05, 0.1) is 23.7 Å². The third-order valence-electron chi connectivity index (χ3n) is 5.55. The molecule has 2 aromatic rings. The molecule has 2 atom stereocenters. The van der Waals surface area contributed by atoms with Crippen LogP contribution in [0.4, 0.5) is 4.79 Å². The predicted octanol–water partition coefficient (Wildman–Crippen LogP) is 2.61. The van der Waals surface area contributed by atoms with Crippen LogP contribution in [-0.2, 0) is 16.4 Å². The maximum Gasteiger partial charge on any atom is 0.328 e. The van der Waals surface area contributed by atoms with E-state index in [1.807, 2.05) is 4.72 Å². The molecule has 0 spiro atoms. The van der Waals surface area contributed by atoms with Gasteiger partial charge in [0, 0.05) is 17.6 Å². The Morgan fingerprint density at radius 1 is 1.15 bits per heavy atom. The number of nitrogens with one attached hydrogen (secondary N) is 3. The van der Waals surface area contributed by atoms with Crippen molar-refractivity contribution in [1.29, 1.82) is 0 Å². The Hall–Kier alpha value is -2.82. The molecule has 0 aliphatic heterocycles. The average Bonchev–Trinajstić information content (AvgIpc) is 2.79. The molecule has 4 N–H and O–H groups in total. The van der Waals surface area contributed by atoms with E-state index in [-0.39, 0.29) is 16.8 Å². The van der Waals surface area contributed by atoms with Crippen LogP contribution in [0.1, 0.15) is 41.6 Å². The smallest absolute Gasteiger partial charge is 0.328 e. The van der Waals surface area contributed by atoms with Crippen LogP contribution in [0, 0.1) is 0 Å². The lowest BCUT2D eigenvalue weighted by Crippen LogP contribution is -2.46. The fourth-order valence-corrected chi connectivity index (χ4v) is 4.89. The van der Waals surface area contributed by atoms with Crippen LogP contribution in [0.15, 0.2) is 47.4 Å². The van der Waals surface area contributed by atoms with E-state index < -0.39 is 22.2 Å². The van der Waals surface area contributed by atoms with Gasteiger partial charge < -0.3 is 20.5 Å². The van der Waals surface area contributed by atoms with Gasteiger partial charge >= 0.3 is 6.03 Å². The summed E-state index contributed by atoms with van der Waals surface area (Å²) in [6.07, 6.45) is 2.53. The molecular weight excluding hydrogens is 482 g/mol. The third kappa shape index (κ3) is 7.09. The minimum Gasteiger partial charge on any atom is -0.496 e. The van der Waals surface area contributed by atoms with Gasteiger partial charge in [-0.2, -0.15) is 0 Å². The van der Waals surface area contributed by atoms with Gasteiger partial charge in [0.1, 0.15) is 5.75 Å². The van der Waals surface area contributed by atoms with Gasteiger partial charge in [0.2, 0.25) is 0 Å². The zero-order valence-corrected chi connectivity index (χ0v) is 20.3. The summed E-state index contributed by atoms with van der Waals surface area (Å²) < 4.78 is 32.2. The number of aliphatic hydroxyl groups excluding tert-OH is 1. The van der Waals surface area contributed by atoms with E-state index in [1.54, 1.807) is 24.3 Å². The first-order valence-corrected chi connectivity index (χ1v) is 12.8. The minimum absolute atomic E-state index is 0.0530. The summed E-state index contributed by atoms with van der Waals surface area (Å²) in [6, 6.07) is 9.73. The summed E-state index contributed by atoms with van der Waals surface area (Å²) in [6.45, 7) is 0.314. The normalized spacial score (nSPS) is 18.1. The number of sulfonamides is 1. The van der Waals surface area contributed by atoms with Crippen LogP contribution in [0.25, 0.3) is 0 Å². The molecule has 184 valence electrons. The van der Waals surface area contributed by atoms with Crippen LogP contribution in [0.2, 0.25) is 5.02 Å². The molecule has 34 heavy (non-hydrogen) atoms. The largest absolute Gasteiger partial charge is 0.496 e. The summed E-state index contributed by atoms with van der Waals surface area (Å²) >= 11 is 5.96. The standard InChI is InChI=1S/C23H28ClN3O6S/c1-33-21-10-7-16(24)13-20(21)22(29)25-12-11-15-5-8-19(9-6-15)34(31,32)27-23(30)26-17-3-2-4-18(28)14-17/h5-10,13,17-18,28H,2-4,11-12,14H2,1H3,(H,25,29)(H2,26,27,30)/t17-,18-/m0/s1. The Morgan fingerprint density at radius 3 is 2.56 bits per heavy atom. The van der Waals surface area contributed by atoms with Crippen molar-refractivity contribution in [2.45, 2.75) is 49.1 Å². The second kappa shape index (κ2) is 11.5. The molecule has 0 saturated heterocycles. The highest BCUT2D eigenvalue weighted by Gasteiger charge is 2.24. The summed E-state index contributed by atoms with van der Waals surface area (Å²) in [4.78, 5) is 24.5. The number of halogens is 1. The first-order valence-electron chi connectivity index (χ1n) is 10.9. The molecule has 1 saturated carbocycles. The highest BCUT2D eigenvalue weighted by molar-refractivity contribution is 7.90. The Bertz CT molecular complexity index is 1120. The van der Waals surface area contributed by atoms with Gasteiger partial charge in [0.25, 0.3) is 15.9 Å². The number of hydrogen-bond acceptors (Lipinski definition) is 6. The van der Waals surface area contributed by atoms with Crippen molar-refractivity contribution in [2.75, 3.05) is 13.7 Å². The van der Waals surface area contributed by atoms with E-state index in [2.05, 4.69) is 10.6 Å². The molecule has 3 rings (SSSR count). The molecule has 0 heterocycles. The molecule has 9 nitrogen and oxygen atoms in total. The molecule has 11 heteroatoms. The second-order valence-corrected chi connectivity index (χ2v) is 10.2. The molecule has 0 bridgehead atoms. The average molecular weight is 510 g/mol. The van der Waals surface area contributed by atoms with E-state index >= 15 is 0 Å². The van der Waals surface area contributed by atoms with E-state index in [1.165, 1.54) is 25.3 Å². The third-order valence-corrected chi connectivity index (χ3v) is 7.13. The number of rotatable bonds is 8. The summed E-state index contributed by atoms with van der Waals surface area (Å²) in [5.41, 5.74) is 1.13. The Balaban J connectivity index is 1.51. The maximum atomic E-state index is 12.5. The maximum absolute atomic E-state index is 12.5. The zero-order valence-electron chi connectivity index (χ0n) is 18.7. The Kier molecular flexibility index (Phi) is 8.76. The molecule has 1 aliphatic carbocycles. The van der Waals surface area contributed by atoms with E-state index in [4.69, 9.17) is 16.3 Å². The van der Waals surface area contributed by atoms with Crippen LogP contribution < -0.4 is 20.1 Å². The van der Waals surface area contributed by atoms with E-state index in [0.29, 0.717) is 48.6 Å². The van der Waals surface area contributed by atoms with Gasteiger partial charge in [-0.05, 0) is 68.0 Å². The molecule has 1 aliphatic rings. The highest BCUT2D eigenvalue weighted by Crippen LogP contribution is 2.22. The van der Waals surface area contributed by atoms with Crippen LogP contribution in [0.5, 0.6) is 5.75 Å². The van der Waals surface area contributed by atoms with Crippen molar-refractivity contribution >= 4 is 33.6 Å². The van der Waals surface area contributed by atoms with Crippen LogP contribution >= 0.6 is 11.6 Å². The van der Waals surface area contributed by atoms with Crippen molar-refractivity contribution in [2.24, 2.45) is 0 Å². The summed E-state index contributed by atoms with van der Waals surface area (Å²) in [5, 5.41) is 15.5. The SMILES string of the molecule is COc1ccc(Cl)cc1C(=O)NCCc1ccc(S(=O)(=O)NC(=O)N[C@H]2CCC[C@H](O)C2)cc1. The van der Waals surface area contributed by atoms with Gasteiger partial charge in [-0.3, -0.25) is 4.79 Å². The van der Waals surface area contributed by atoms with Gasteiger partial charge in [0.15, 0.2) is 0 Å². The fourth-order valence-electron chi connectivity index (χ4n) is 3.80. The number of ether oxygens (including phenoxy) is 1.